The Labute approximate surface area is 81.0 Å². The van der Waals surface area contributed by atoms with Crippen molar-refractivity contribution in [3.05, 3.63) is 0 Å². The summed E-state index contributed by atoms with van der Waals surface area (Å²) in [4.78, 5) is 0. The van der Waals surface area contributed by atoms with Crippen molar-refractivity contribution in [2.24, 2.45) is 5.92 Å². The van der Waals surface area contributed by atoms with Crippen LogP contribution < -0.4 is 5.32 Å². The topological polar surface area (TPSA) is 23.3 Å². The highest BCUT2D eigenvalue weighted by Crippen LogP contribution is 2.23. The average Bonchev–Trinajstić information content (AvgIpc) is 2.11. The van der Waals surface area contributed by atoms with E-state index in [2.05, 4.69) is 5.32 Å². The largest absolute Gasteiger partial charge is 0.379 e. The van der Waals surface area contributed by atoms with Crippen LogP contribution in [0.25, 0.3) is 0 Å². The summed E-state index contributed by atoms with van der Waals surface area (Å²) >= 11 is 0. The van der Waals surface area contributed by atoms with E-state index in [-0.39, 0.29) is 0 Å². The van der Waals surface area contributed by atoms with Gasteiger partial charge in [0.2, 0.25) is 0 Å². The SMILES string of the molecule is C1CCC(COC[C@@H]2CC[N]2)CC1. The maximum atomic E-state index is 5.68. The predicted octanol–water partition coefficient (Wildman–Crippen LogP) is 1.96. The second-order valence-electron chi connectivity index (χ2n) is 4.39. The van der Waals surface area contributed by atoms with Crippen molar-refractivity contribution in [3.63, 3.8) is 0 Å². The van der Waals surface area contributed by atoms with E-state index >= 15 is 0 Å². The fraction of sp³-hybridized carbons (Fsp3) is 1.00. The zero-order chi connectivity index (χ0) is 8.93. The quantitative estimate of drug-likeness (QED) is 0.652. The third kappa shape index (κ3) is 2.96. The lowest BCUT2D eigenvalue weighted by molar-refractivity contribution is 0.0552. The number of ether oxygens (including phenoxy) is 1. The molecule has 1 aliphatic heterocycles. The molecular formula is C11H20NO. The lowest BCUT2D eigenvalue weighted by Gasteiger charge is -2.27. The van der Waals surface area contributed by atoms with Gasteiger partial charge in [0.15, 0.2) is 0 Å². The maximum Gasteiger partial charge on any atom is 0.0636 e. The molecule has 2 rings (SSSR count). The Kier molecular flexibility index (Phi) is 3.62. The van der Waals surface area contributed by atoms with E-state index in [9.17, 15) is 0 Å². The summed E-state index contributed by atoms with van der Waals surface area (Å²) in [6.07, 6.45) is 8.31. The standard InChI is InChI=1S/C11H20NO/c1-2-4-10(5-3-1)8-13-9-11-6-7-12-11/h10-11H,1-9H2/t11-/m0/s1. The summed E-state index contributed by atoms with van der Waals surface area (Å²) in [6, 6.07) is 0.545. The molecule has 0 N–H and O–H groups in total. The van der Waals surface area contributed by atoms with Crippen LogP contribution in [-0.4, -0.2) is 25.8 Å². The monoisotopic (exact) mass is 182 g/mol. The Hall–Kier alpha value is -0.0800. The Morgan fingerprint density at radius 1 is 1.00 bits per heavy atom. The fourth-order valence-corrected chi connectivity index (χ4v) is 2.17. The van der Waals surface area contributed by atoms with Crippen LogP contribution in [-0.2, 0) is 4.74 Å². The van der Waals surface area contributed by atoms with Crippen molar-refractivity contribution in [2.75, 3.05) is 19.8 Å². The minimum Gasteiger partial charge on any atom is -0.379 e. The highest BCUT2D eigenvalue weighted by atomic mass is 16.5. The van der Waals surface area contributed by atoms with E-state index < -0.39 is 0 Å². The third-order valence-corrected chi connectivity index (χ3v) is 3.24. The van der Waals surface area contributed by atoms with E-state index in [1.54, 1.807) is 0 Å². The van der Waals surface area contributed by atoms with Gasteiger partial charge in [-0.1, -0.05) is 19.3 Å². The number of nitrogens with zero attached hydrogens (tertiary/aromatic N) is 1. The fourth-order valence-electron chi connectivity index (χ4n) is 2.17. The molecule has 2 fully saturated rings. The van der Waals surface area contributed by atoms with Gasteiger partial charge in [-0.25, -0.2) is 5.32 Å². The molecule has 0 unspecified atom stereocenters. The van der Waals surface area contributed by atoms with Crippen molar-refractivity contribution >= 4 is 0 Å². The third-order valence-electron chi connectivity index (χ3n) is 3.24. The minimum absolute atomic E-state index is 0.545. The Morgan fingerprint density at radius 2 is 1.77 bits per heavy atom. The molecule has 0 aromatic carbocycles. The van der Waals surface area contributed by atoms with Crippen LogP contribution in [0.5, 0.6) is 0 Å². The summed E-state index contributed by atoms with van der Waals surface area (Å²) in [5.41, 5.74) is 0. The van der Waals surface area contributed by atoms with Gasteiger partial charge in [0, 0.05) is 19.2 Å². The van der Waals surface area contributed by atoms with Crippen molar-refractivity contribution in [1.29, 1.82) is 0 Å². The van der Waals surface area contributed by atoms with Gasteiger partial charge in [0.25, 0.3) is 0 Å². The van der Waals surface area contributed by atoms with E-state index in [4.69, 9.17) is 4.74 Å². The molecular weight excluding hydrogens is 162 g/mol. The van der Waals surface area contributed by atoms with Gasteiger partial charge in [-0.05, 0) is 25.2 Å². The Morgan fingerprint density at radius 3 is 2.38 bits per heavy atom. The minimum atomic E-state index is 0.545. The van der Waals surface area contributed by atoms with Gasteiger partial charge < -0.3 is 4.74 Å². The van der Waals surface area contributed by atoms with Gasteiger partial charge in [-0.2, -0.15) is 0 Å². The van der Waals surface area contributed by atoms with Crippen molar-refractivity contribution in [2.45, 2.75) is 44.6 Å². The van der Waals surface area contributed by atoms with Gasteiger partial charge in [0.1, 0.15) is 0 Å². The zero-order valence-corrected chi connectivity index (χ0v) is 8.37. The summed E-state index contributed by atoms with van der Waals surface area (Å²) < 4.78 is 5.68. The van der Waals surface area contributed by atoms with Crippen molar-refractivity contribution < 1.29 is 4.74 Å². The van der Waals surface area contributed by atoms with E-state index in [0.29, 0.717) is 6.04 Å². The van der Waals surface area contributed by atoms with Crippen LogP contribution in [0.3, 0.4) is 0 Å². The highest BCUT2D eigenvalue weighted by Gasteiger charge is 2.19. The first kappa shape index (κ1) is 9.47. The first-order chi connectivity index (χ1) is 6.45. The van der Waals surface area contributed by atoms with E-state index in [0.717, 1.165) is 25.7 Å². The van der Waals surface area contributed by atoms with Gasteiger partial charge in [-0.3, -0.25) is 0 Å². The smallest absolute Gasteiger partial charge is 0.0636 e. The molecule has 1 saturated heterocycles. The molecule has 2 aliphatic rings. The van der Waals surface area contributed by atoms with Crippen LogP contribution in [0.1, 0.15) is 38.5 Å². The Bertz CT molecular complexity index is 139. The molecule has 0 amide bonds. The first-order valence-electron chi connectivity index (χ1n) is 5.69. The van der Waals surface area contributed by atoms with Crippen LogP contribution >= 0.6 is 0 Å². The molecule has 2 nitrogen and oxygen atoms in total. The lowest BCUT2D eigenvalue weighted by atomic mass is 9.90. The summed E-state index contributed by atoms with van der Waals surface area (Å²) in [5.74, 6) is 0.855. The first-order valence-corrected chi connectivity index (χ1v) is 5.69. The highest BCUT2D eigenvalue weighted by molar-refractivity contribution is 4.76. The van der Waals surface area contributed by atoms with Crippen LogP contribution in [0, 0.1) is 5.92 Å². The molecule has 0 spiro atoms. The van der Waals surface area contributed by atoms with Crippen molar-refractivity contribution in [3.8, 4) is 0 Å². The normalized spacial score (nSPS) is 30.0. The van der Waals surface area contributed by atoms with Crippen LogP contribution in [0.2, 0.25) is 0 Å². The molecule has 1 aliphatic carbocycles. The molecule has 0 aromatic rings. The Balaban J connectivity index is 1.50. The van der Waals surface area contributed by atoms with Gasteiger partial charge >= 0.3 is 0 Å². The molecule has 1 heterocycles. The van der Waals surface area contributed by atoms with Crippen LogP contribution in [0.15, 0.2) is 0 Å². The predicted molar refractivity (Wildman–Crippen MR) is 52.8 cm³/mol. The molecule has 13 heavy (non-hydrogen) atoms. The molecule has 0 bridgehead atoms. The maximum absolute atomic E-state index is 5.68. The van der Waals surface area contributed by atoms with Crippen LogP contribution in [0.4, 0.5) is 0 Å². The van der Waals surface area contributed by atoms with Gasteiger partial charge in [-0.15, -0.1) is 0 Å². The van der Waals surface area contributed by atoms with E-state index in [1.165, 1.54) is 38.5 Å². The molecule has 2 heteroatoms. The second-order valence-corrected chi connectivity index (χ2v) is 4.39. The number of hydrogen-bond acceptors (Lipinski definition) is 1. The summed E-state index contributed by atoms with van der Waals surface area (Å²) in [7, 11) is 0. The number of hydrogen-bond donors (Lipinski definition) is 0. The summed E-state index contributed by atoms with van der Waals surface area (Å²) in [5, 5.41) is 4.33. The number of rotatable bonds is 4. The molecule has 1 saturated carbocycles. The average molecular weight is 182 g/mol. The summed E-state index contributed by atoms with van der Waals surface area (Å²) in [6.45, 7) is 2.94. The van der Waals surface area contributed by atoms with Crippen molar-refractivity contribution in [1.82, 2.24) is 5.32 Å². The molecule has 75 valence electrons. The van der Waals surface area contributed by atoms with Gasteiger partial charge in [0.05, 0.1) is 6.61 Å². The van der Waals surface area contributed by atoms with E-state index in [1.807, 2.05) is 0 Å². The lowest BCUT2D eigenvalue weighted by Crippen LogP contribution is -2.40. The molecule has 1 radical (unpaired) electrons. The second kappa shape index (κ2) is 4.97. The molecule has 1 atom stereocenters. The zero-order valence-electron chi connectivity index (χ0n) is 8.37. The molecule has 0 aromatic heterocycles.